The minimum absolute atomic E-state index is 0.713. The van der Waals surface area contributed by atoms with Gasteiger partial charge >= 0.3 is 0 Å². The summed E-state index contributed by atoms with van der Waals surface area (Å²) in [5.41, 5.74) is 1.17. The summed E-state index contributed by atoms with van der Waals surface area (Å²) in [7, 11) is 0. The van der Waals surface area contributed by atoms with E-state index in [2.05, 4.69) is 26.0 Å². The van der Waals surface area contributed by atoms with Crippen LogP contribution >= 0.6 is 0 Å². The molecule has 1 saturated carbocycles. The van der Waals surface area contributed by atoms with E-state index in [1.165, 1.54) is 18.4 Å². The first-order valence-electron chi connectivity index (χ1n) is 7.96. The van der Waals surface area contributed by atoms with Gasteiger partial charge in [0.15, 0.2) is 0 Å². The molecule has 0 unspecified atom stereocenters. The summed E-state index contributed by atoms with van der Waals surface area (Å²) in [4.78, 5) is 0. The smallest absolute Gasteiger partial charge is 0.136 e. The monoisotopic (exact) mass is 262 g/mol. The molecule has 1 aliphatic carbocycles. The van der Waals surface area contributed by atoms with Gasteiger partial charge in [-0.05, 0) is 49.1 Å². The van der Waals surface area contributed by atoms with Crippen molar-refractivity contribution in [2.24, 2.45) is 5.92 Å². The van der Waals surface area contributed by atoms with Gasteiger partial charge in [-0.25, -0.2) is 4.39 Å². The SMILES string of the molecule is CCCc1ccc(C2(F)CCC(CCC)CC2)cc1. The second kappa shape index (κ2) is 6.54. The van der Waals surface area contributed by atoms with Crippen molar-refractivity contribution in [1.29, 1.82) is 0 Å². The van der Waals surface area contributed by atoms with E-state index in [0.717, 1.165) is 37.2 Å². The highest BCUT2D eigenvalue weighted by Crippen LogP contribution is 2.43. The molecule has 1 fully saturated rings. The fourth-order valence-corrected chi connectivity index (χ4v) is 3.38. The van der Waals surface area contributed by atoms with Crippen molar-refractivity contribution in [1.82, 2.24) is 0 Å². The average molecular weight is 262 g/mol. The Balaban J connectivity index is 2.00. The van der Waals surface area contributed by atoms with Gasteiger partial charge in [0.2, 0.25) is 0 Å². The van der Waals surface area contributed by atoms with Crippen molar-refractivity contribution in [3.05, 3.63) is 35.4 Å². The Kier molecular flexibility index (Phi) is 5.01. The minimum atomic E-state index is -1.06. The van der Waals surface area contributed by atoms with Crippen LogP contribution in [0.15, 0.2) is 24.3 Å². The summed E-state index contributed by atoms with van der Waals surface area (Å²) < 4.78 is 15.0. The van der Waals surface area contributed by atoms with Gasteiger partial charge in [0, 0.05) is 0 Å². The predicted octanol–water partition coefficient (Wildman–Crippen LogP) is 5.79. The van der Waals surface area contributed by atoms with Gasteiger partial charge in [0.1, 0.15) is 5.67 Å². The van der Waals surface area contributed by atoms with E-state index in [4.69, 9.17) is 0 Å². The number of benzene rings is 1. The Morgan fingerprint density at radius 3 is 2.21 bits per heavy atom. The van der Waals surface area contributed by atoms with E-state index in [0.29, 0.717) is 12.8 Å². The molecule has 0 aliphatic heterocycles. The van der Waals surface area contributed by atoms with Crippen molar-refractivity contribution >= 4 is 0 Å². The number of halogens is 1. The molecule has 1 aliphatic rings. The second-order valence-electron chi connectivity index (χ2n) is 6.14. The van der Waals surface area contributed by atoms with Crippen LogP contribution in [0.5, 0.6) is 0 Å². The van der Waals surface area contributed by atoms with E-state index in [-0.39, 0.29) is 0 Å². The van der Waals surface area contributed by atoms with E-state index in [1.807, 2.05) is 12.1 Å². The van der Waals surface area contributed by atoms with Gasteiger partial charge in [-0.1, -0.05) is 57.4 Å². The Bertz CT molecular complexity index is 371. The molecule has 0 bridgehead atoms. The fraction of sp³-hybridized carbons (Fsp3) is 0.667. The van der Waals surface area contributed by atoms with Gasteiger partial charge < -0.3 is 0 Å². The number of rotatable bonds is 5. The van der Waals surface area contributed by atoms with Crippen molar-refractivity contribution in [3.63, 3.8) is 0 Å². The first-order valence-corrected chi connectivity index (χ1v) is 7.96. The molecule has 19 heavy (non-hydrogen) atoms. The van der Waals surface area contributed by atoms with Crippen LogP contribution in [-0.2, 0) is 12.1 Å². The summed E-state index contributed by atoms with van der Waals surface area (Å²) in [6.45, 7) is 4.41. The normalized spacial score (nSPS) is 27.4. The van der Waals surface area contributed by atoms with E-state index >= 15 is 4.39 Å². The third-order valence-electron chi connectivity index (χ3n) is 4.60. The summed E-state index contributed by atoms with van der Waals surface area (Å²) in [5.74, 6) is 0.758. The zero-order valence-electron chi connectivity index (χ0n) is 12.4. The maximum absolute atomic E-state index is 15.0. The van der Waals surface area contributed by atoms with Crippen molar-refractivity contribution < 1.29 is 4.39 Å². The van der Waals surface area contributed by atoms with Crippen molar-refractivity contribution in [2.45, 2.75) is 70.9 Å². The highest BCUT2D eigenvalue weighted by atomic mass is 19.1. The molecular formula is C18H27F. The van der Waals surface area contributed by atoms with Crippen LogP contribution in [-0.4, -0.2) is 0 Å². The number of aryl methyl sites for hydroxylation is 1. The molecule has 0 spiro atoms. The topological polar surface area (TPSA) is 0 Å². The molecule has 0 amide bonds. The predicted molar refractivity (Wildman–Crippen MR) is 80.1 cm³/mol. The Hall–Kier alpha value is -0.850. The van der Waals surface area contributed by atoms with Crippen LogP contribution < -0.4 is 0 Å². The third-order valence-corrected chi connectivity index (χ3v) is 4.60. The Morgan fingerprint density at radius 1 is 1.05 bits per heavy atom. The molecule has 0 atom stereocenters. The van der Waals surface area contributed by atoms with Crippen LogP contribution in [0.3, 0.4) is 0 Å². The zero-order chi connectivity index (χ0) is 13.7. The van der Waals surface area contributed by atoms with Gasteiger partial charge in [-0.3, -0.25) is 0 Å². The van der Waals surface area contributed by atoms with Crippen LogP contribution in [0.2, 0.25) is 0 Å². The number of alkyl halides is 1. The molecule has 0 saturated heterocycles. The Labute approximate surface area is 117 Å². The fourth-order valence-electron chi connectivity index (χ4n) is 3.38. The lowest BCUT2D eigenvalue weighted by molar-refractivity contribution is 0.0792. The second-order valence-corrected chi connectivity index (χ2v) is 6.14. The lowest BCUT2D eigenvalue weighted by atomic mass is 9.75. The van der Waals surface area contributed by atoms with Crippen molar-refractivity contribution in [3.8, 4) is 0 Å². The molecule has 0 heterocycles. The average Bonchev–Trinajstić information content (AvgIpc) is 2.43. The van der Waals surface area contributed by atoms with E-state index in [9.17, 15) is 0 Å². The molecule has 106 valence electrons. The summed E-state index contributed by atoms with van der Waals surface area (Å²) in [5, 5.41) is 0. The minimum Gasteiger partial charge on any atom is -0.239 e. The van der Waals surface area contributed by atoms with Gasteiger partial charge in [0.05, 0.1) is 0 Å². The first kappa shape index (κ1) is 14.6. The molecule has 0 nitrogen and oxygen atoms in total. The number of hydrogen-bond acceptors (Lipinski definition) is 0. The zero-order valence-corrected chi connectivity index (χ0v) is 12.4. The van der Waals surface area contributed by atoms with Crippen LogP contribution in [0, 0.1) is 5.92 Å². The molecular weight excluding hydrogens is 235 g/mol. The summed E-state index contributed by atoms with van der Waals surface area (Å²) >= 11 is 0. The van der Waals surface area contributed by atoms with Crippen LogP contribution in [0.25, 0.3) is 0 Å². The van der Waals surface area contributed by atoms with E-state index in [1.54, 1.807) is 0 Å². The molecule has 0 radical (unpaired) electrons. The van der Waals surface area contributed by atoms with Crippen LogP contribution in [0.1, 0.15) is 69.9 Å². The molecule has 1 aromatic rings. The lowest BCUT2D eigenvalue weighted by Gasteiger charge is -2.34. The highest BCUT2D eigenvalue weighted by molar-refractivity contribution is 5.28. The summed E-state index contributed by atoms with van der Waals surface area (Å²) in [6, 6.07) is 8.26. The standard InChI is InChI=1S/C18H27F/c1-3-5-15-7-9-17(10-8-15)18(19)13-11-16(6-4-2)12-14-18/h7-10,16H,3-6,11-14H2,1-2H3. The number of hydrogen-bond donors (Lipinski definition) is 0. The highest BCUT2D eigenvalue weighted by Gasteiger charge is 2.36. The molecule has 1 aromatic carbocycles. The van der Waals surface area contributed by atoms with Crippen LogP contribution in [0.4, 0.5) is 4.39 Å². The van der Waals surface area contributed by atoms with Gasteiger partial charge in [-0.2, -0.15) is 0 Å². The Morgan fingerprint density at radius 2 is 1.68 bits per heavy atom. The maximum Gasteiger partial charge on any atom is 0.136 e. The van der Waals surface area contributed by atoms with E-state index < -0.39 is 5.67 Å². The molecule has 0 aromatic heterocycles. The molecule has 0 N–H and O–H groups in total. The van der Waals surface area contributed by atoms with Gasteiger partial charge in [0.25, 0.3) is 0 Å². The third kappa shape index (κ3) is 3.58. The maximum atomic E-state index is 15.0. The van der Waals surface area contributed by atoms with Crippen molar-refractivity contribution in [2.75, 3.05) is 0 Å². The lowest BCUT2D eigenvalue weighted by Crippen LogP contribution is -2.27. The first-order chi connectivity index (χ1) is 9.18. The quantitative estimate of drug-likeness (QED) is 0.629. The molecule has 2 rings (SSSR count). The summed E-state index contributed by atoms with van der Waals surface area (Å²) in [6.07, 6.45) is 8.29. The van der Waals surface area contributed by atoms with Gasteiger partial charge in [-0.15, -0.1) is 0 Å². The largest absolute Gasteiger partial charge is 0.239 e. The molecule has 1 heteroatoms.